The maximum absolute atomic E-state index is 14.1. The van der Waals surface area contributed by atoms with Crippen LogP contribution in [0.1, 0.15) is 67.4 Å². The monoisotopic (exact) mass is 785 g/mol. The number of nitrogens with one attached hydrogen (secondary N) is 1. The average molecular weight is 786 g/mol. The predicted octanol–water partition coefficient (Wildman–Crippen LogP) is 6.79. The number of nitrogens with zero attached hydrogens (tertiary/aromatic N) is 4. The van der Waals surface area contributed by atoms with Gasteiger partial charge in [-0.2, -0.15) is 0 Å². The van der Waals surface area contributed by atoms with Gasteiger partial charge < -0.3 is 19.3 Å². The van der Waals surface area contributed by atoms with Crippen LogP contribution in [0.25, 0.3) is 0 Å². The molecule has 11 heteroatoms. The van der Waals surface area contributed by atoms with Crippen molar-refractivity contribution in [2.75, 3.05) is 69.3 Å². The Labute approximate surface area is 332 Å². The Morgan fingerprint density at radius 1 is 1.07 bits per heavy atom. The van der Waals surface area contributed by atoms with Gasteiger partial charge in [-0.1, -0.05) is 42.8 Å². The van der Waals surface area contributed by atoms with E-state index in [1.165, 1.54) is 11.1 Å². The summed E-state index contributed by atoms with van der Waals surface area (Å²) >= 11 is 6.53. The van der Waals surface area contributed by atoms with E-state index in [0.29, 0.717) is 24.5 Å². The minimum atomic E-state index is -2.97. The van der Waals surface area contributed by atoms with E-state index in [2.05, 4.69) is 73.6 Å². The predicted molar refractivity (Wildman–Crippen MR) is 224 cm³/mol. The largest absolute Gasteiger partial charge is 0.490 e. The Morgan fingerprint density at radius 3 is 2.65 bits per heavy atom. The van der Waals surface area contributed by atoms with Crippen molar-refractivity contribution in [2.24, 2.45) is 17.8 Å². The fourth-order valence-corrected chi connectivity index (χ4v) is 11.6. The van der Waals surface area contributed by atoms with Crippen molar-refractivity contribution in [3.63, 3.8) is 0 Å². The van der Waals surface area contributed by atoms with E-state index in [1.54, 1.807) is 6.07 Å². The smallest absolute Gasteiger partial charge is 0.262 e. The highest BCUT2D eigenvalue weighted by molar-refractivity contribution is 7.99. The summed E-state index contributed by atoms with van der Waals surface area (Å²) in [5, 5.41) is 0.418. The number of rotatable bonds is 4. The fourth-order valence-electron chi connectivity index (χ4n) is 9.93. The number of methoxy groups -OCH3 is 1. The van der Waals surface area contributed by atoms with Crippen LogP contribution in [0.15, 0.2) is 72.9 Å². The van der Waals surface area contributed by atoms with Gasteiger partial charge in [0.1, 0.15) is 17.2 Å². The summed E-state index contributed by atoms with van der Waals surface area (Å²) in [5.41, 5.74) is 3.23. The number of fused-ring (bicyclic) bond motifs is 4. The molecule has 2 aromatic carbocycles. The van der Waals surface area contributed by atoms with Crippen molar-refractivity contribution in [1.82, 2.24) is 14.6 Å². The molecule has 55 heavy (non-hydrogen) atoms. The normalized spacial score (nSPS) is 33.3. The van der Waals surface area contributed by atoms with Crippen LogP contribution in [0.3, 0.4) is 0 Å². The summed E-state index contributed by atoms with van der Waals surface area (Å²) in [5.74, 6) is 6.17. The number of aryl methyl sites for hydroxylation is 1. The lowest BCUT2D eigenvalue weighted by molar-refractivity contribution is -0.0920. The Balaban J connectivity index is 1.16. The maximum atomic E-state index is 14.1. The minimum Gasteiger partial charge on any atom is -0.490 e. The molecular formula is C44H56ClN5O4S. The first-order valence-corrected chi connectivity index (χ1v) is 22.3. The highest BCUT2D eigenvalue weighted by atomic mass is 35.5. The van der Waals surface area contributed by atoms with E-state index in [4.69, 9.17) is 21.1 Å². The number of aromatic nitrogens is 1. The number of anilines is 2. The molecular weight excluding hydrogens is 730 g/mol. The second kappa shape index (κ2) is 15.4. The van der Waals surface area contributed by atoms with Crippen molar-refractivity contribution < 1.29 is 18.5 Å². The molecule has 1 aromatic heterocycles. The lowest BCUT2D eigenvalue weighted by Gasteiger charge is -2.52. The molecule has 1 unspecified atom stereocenters. The van der Waals surface area contributed by atoms with Crippen molar-refractivity contribution in [1.29, 1.82) is 0 Å². The van der Waals surface area contributed by atoms with Crippen LogP contribution in [0.2, 0.25) is 5.02 Å². The Morgan fingerprint density at radius 2 is 1.91 bits per heavy atom. The molecule has 1 amide bonds. The lowest BCUT2D eigenvalue weighted by Crippen LogP contribution is -2.59. The number of allylic oxidation sites excluding steroid dienone is 1. The van der Waals surface area contributed by atoms with Gasteiger partial charge in [-0.15, -0.1) is 0 Å². The summed E-state index contributed by atoms with van der Waals surface area (Å²) in [6.07, 6.45) is 12.4. The van der Waals surface area contributed by atoms with Gasteiger partial charge in [0.2, 0.25) is 0 Å². The summed E-state index contributed by atoms with van der Waals surface area (Å²) in [6.45, 7) is 10.6. The number of carbonyl (C=O) groups excluding carboxylic acids is 1. The molecule has 7 atom stereocenters. The SMILES string of the molecule is C=S1(=O)NC(=O)c2ccc3c(c2)N(C[C@@H]2CC[C@H]2[C@@](CN2CCN(c4ccccn4)CC2)(OC)/C=C/C[C@H](C)[C@H]1C)C[C@@]1(CCCc2cc(Cl)ccc21)CO3. The Bertz CT molecular complexity index is 2020. The highest BCUT2D eigenvalue weighted by Crippen LogP contribution is 2.49. The van der Waals surface area contributed by atoms with Gasteiger partial charge in [0.25, 0.3) is 5.91 Å². The lowest BCUT2D eigenvalue weighted by atomic mass is 9.63. The van der Waals surface area contributed by atoms with E-state index < -0.39 is 15.3 Å². The molecule has 294 valence electrons. The third-order valence-corrected chi connectivity index (χ3v) is 16.0. The molecule has 1 saturated heterocycles. The molecule has 0 radical (unpaired) electrons. The molecule has 4 heterocycles. The quantitative estimate of drug-likeness (QED) is 0.229. The van der Waals surface area contributed by atoms with Crippen molar-refractivity contribution in [3.05, 3.63) is 94.7 Å². The zero-order chi connectivity index (χ0) is 38.4. The van der Waals surface area contributed by atoms with Crippen molar-refractivity contribution in [3.8, 4) is 5.75 Å². The number of halogens is 1. The van der Waals surface area contributed by atoms with Crippen molar-refractivity contribution >= 4 is 44.6 Å². The molecule has 1 N–H and O–H groups in total. The first-order chi connectivity index (χ1) is 26.5. The minimum absolute atomic E-state index is 0.0171. The second-order valence-corrected chi connectivity index (χ2v) is 19.7. The molecule has 1 spiro atoms. The van der Waals surface area contributed by atoms with Gasteiger partial charge in [-0.3, -0.25) is 14.4 Å². The molecule has 3 aromatic rings. The molecule has 9 nitrogen and oxygen atoms in total. The number of carbonyl (C=O) groups is 1. The summed E-state index contributed by atoms with van der Waals surface area (Å²) in [6, 6.07) is 18.1. The average Bonchev–Trinajstić information content (AvgIpc) is 3.32. The zero-order valence-electron chi connectivity index (χ0n) is 32.6. The van der Waals surface area contributed by atoms with E-state index in [1.807, 2.05) is 44.5 Å². The Hall–Kier alpha value is -3.57. The fraction of sp³-hybridized carbons (Fsp3) is 0.523. The Kier molecular flexibility index (Phi) is 10.7. The maximum Gasteiger partial charge on any atom is 0.262 e. The number of piperazine rings is 1. The van der Waals surface area contributed by atoms with Gasteiger partial charge >= 0.3 is 0 Å². The van der Waals surface area contributed by atoms with Crippen LogP contribution >= 0.6 is 11.6 Å². The molecule has 1 saturated carbocycles. The number of ether oxygens (including phenoxy) is 2. The van der Waals surface area contributed by atoms with Crippen LogP contribution in [0, 0.1) is 17.8 Å². The van der Waals surface area contributed by atoms with Crippen LogP contribution in [0.5, 0.6) is 5.75 Å². The first-order valence-electron chi connectivity index (χ1n) is 20.1. The summed E-state index contributed by atoms with van der Waals surface area (Å²) in [7, 11) is -1.09. The molecule has 2 bridgehead atoms. The van der Waals surface area contributed by atoms with Crippen LogP contribution in [0.4, 0.5) is 11.5 Å². The zero-order valence-corrected chi connectivity index (χ0v) is 34.1. The van der Waals surface area contributed by atoms with E-state index in [0.717, 1.165) is 100 Å². The van der Waals surface area contributed by atoms with Crippen molar-refractivity contribution in [2.45, 2.75) is 68.6 Å². The van der Waals surface area contributed by atoms with Gasteiger partial charge in [-0.05, 0) is 123 Å². The van der Waals surface area contributed by atoms with E-state index in [9.17, 15) is 9.00 Å². The molecule has 2 fully saturated rings. The van der Waals surface area contributed by atoms with Gasteiger partial charge in [-0.25, -0.2) is 9.19 Å². The number of pyridine rings is 1. The first kappa shape index (κ1) is 38.3. The van der Waals surface area contributed by atoms with Gasteiger partial charge in [0.05, 0.1) is 22.0 Å². The highest BCUT2D eigenvalue weighted by Gasteiger charge is 2.50. The number of hydrogen-bond donors (Lipinski definition) is 1. The summed E-state index contributed by atoms with van der Waals surface area (Å²) in [4.78, 5) is 25.9. The van der Waals surface area contributed by atoms with Crippen LogP contribution in [-0.2, 0) is 26.3 Å². The van der Waals surface area contributed by atoms with Crippen LogP contribution < -0.4 is 19.3 Å². The van der Waals surface area contributed by atoms with Gasteiger partial charge in [0, 0.05) is 80.4 Å². The topological polar surface area (TPSA) is 87.2 Å². The third kappa shape index (κ3) is 7.52. The molecule has 3 aliphatic heterocycles. The standard InChI is InChI=1S/C44H56ClN5O4S/c1-31-9-7-19-44(53-3,29-48-21-23-49(24-22-48)41-11-5-6-20-46-41)38-15-12-35(38)27-50-28-43(18-8-10-33-25-36(45)14-16-37(33)43)30-54-40-17-13-34(26-39(40)50)42(51)47-55(4,52)32(31)2/h5-7,11,13-14,16-17,19-20,25-26,31-32,35,38H,4,8-10,12,15,18,21-24,27-30H2,1-3H3,(H,47,51,52)/b19-7+/t31-,32+,35-,38+,43-,44+,55?/m0/s1. The van der Waals surface area contributed by atoms with Gasteiger partial charge in [0.15, 0.2) is 0 Å². The molecule has 2 aliphatic carbocycles. The number of benzene rings is 2. The van der Waals surface area contributed by atoms with E-state index in [-0.39, 0.29) is 28.4 Å². The second-order valence-electron chi connectivity index (χ2n) is 16.8. The van der Waals surface area contributed by atoms with Crippen LogP contribution in [-0.4, -0.2) is 96.3 Å². The molecule has 8 rings (SSSR count). The number of hydrogen-bond acceptors (Lipinski definition) is 8. The summed E-state index contributed by atoms with van der Waals surface area (Å²) < 4.78 is 30.5. The van der Waals surface area contributed by atoms with E-state index >= 15 is 0 Å². The molecule has 5 aliphatic rings. The third-order valence-electron chi connectivity index (χ3n) is 13.6. The number of amides is 1.